The van der Waals surface area contributed by atoms with Crippen molar-refractivity contribution in [3.8, 4) is 0 Å². The van der Waals surface area contributed by atoms with E-state index >= 15 is 0 Å². The predicted molar refractivity (Wildman–Crippen MR) is 116 cm³/mol. The molecule has 2 aliphatic carbocycles. The number of esters is 3. The number of carbonyl (C=O) groups is 4. The second-order valence-electron chi connectivity index (χ2n) is 8.91. The Balaban J connectivity index is 2.12. The molecule has 0 aromatic heterocycles. The van der Waals surface area contributed by atoms with E-state index in [-0.39, 0.29) is 12.2 Å². The molecule has 0 N–H and O–H groups in total. The van der Waals surface area contributed by atoms with Gasteiger partial charge in [0, 0.05) is 29.1 Å². The summed E-state index contributed by atoms with van der Waals surface area (Å²) < 4.78 is 17.4. The van der Waals surface area contributed by atoms with Crippen molar-refractivity contribution >= 4 is 23.7 Å². The van der Waals surface area contributed by atoms with Gasteiger partial charge in [0.15, 0.2) is 5.78 Å². The summed E-state index contributed by atoms with van der Waals surface area (Å²) in [7, 11) is 0. The maximum Gasteiger partial charge on any atom is 0.351 e. The molecular formula is C25H30O7. The van der Waals surface area contributed by atoms with E-state index in [0.29, 0.717) is 16.7 Å². The van der Waals surface area contributed by atoms with E-state index in [4.69, 9.17) is 14.2 Å². The highest BCUT2D eigenvalue weighted by Crippen LogP contribution is 2.51. The van der Waals surface area contributed by atoms with Crippen molar-refractivity contribution in [2.45, 2.75) is 72.7 Å². The van der Waals surface area contributed by atoms with Crippen molar-refractivity contribution in [1.29, 1.82) is 0 Å². The summed E-state index contributed by atoms with van der Waals surface area (Å²) >= 11 is 0. The molecule has 1 saturated heterocycles. The SMILES string of the molecule is C/C=C(\C)C(=O)O[C@H]1CC(C)=C2C(=O)C=C(C)[C@H]2[C@H]2OC(=O)[C@@](C)(OC(=O)/C(C)=C/C)[C@@H]21. The fourth-order valence-electron chi connectivity index (χ4n) is 4.76. The minimum Gasteiger partial charge on any atom is -0.458 e. The summed E-state index contributed by atoms with van der Waals surface area (Å²) in [5.41, 5.74) is 1.18. The van der Waals surface area contributed by atoms with E-state index in [1.807, 2.05) is 13.8 Å². The zero-order valence-electron chi connectivity index (χ0n) is 19.6. The van der Waals surface area contributed by atoms with Crippen LogP contribution >= 0.6 is 0 Å². The van der Waals surface area contributed by atoms with E-state index in [2.05, 4.69) is 0 Å². The molecule has 0 bridgehead atoms. The van der Waals surface area contributed by atoms with E-state index in [9.17, 15) is 19.2 Å². The molecule has 3 rings (SSSR count). The number of ether oxygens (including phenoxy) is 3. The van der Waals surface area contributed by atoms with Gasteiger partial charge in [-0.05, 0) is 54.5 Å². The Kier molecular flexibility index (Phi) is 6.31. The van der Waals surface area contributed by atoms with Gasteiger partial charge in [0.2, 0.25) is 5.60 Å². The predicted octanol–water partition coefficient (Wildman–Crippen LogP) is 3.54. The van der Waals surface area contributed by atoms with Crippen LogP contribution in [0.1, 0.15) is 54.9 Å². The molecule has 1 fully saturated rings. The summed E-state index contributed by atoms with van der Waals surface area (Å²) in [4.78, 5) is 51.1. The van der Waals surface area contributed by atoms with Crippen LogP contribution in [0.3, 0.4) is 0 Å². The van der Waals surface area contributed by atoms with Crippen molar-refractivity contribution in [2.75, 3.05) is 0 Å². The molecule has 0 aromatic rings. The molecule has 172 valence electrons. The quantitative estimate of drug-likeness (QED) is 0.373. The van der Waals surface area contributed by atoms with Crippen molar-refractivity contribution in [2.24, 2.45) is 11.8 Å². The number of ketones is 1. The van der Waals surface area contributed by atoms with Crippen molar-refractivity contribution in [3.63, 3.8) is 0 Å². The summed E-state index contributed by atoms with van der Waals surface area (Å²) in [5, 5.41) is 0. The van der Waals surface area contributed by atoms with Crippen LogP contribution in [0.15, 0.2) is 46.1 Å². The highest BCUT2D eigenvalue weighted by Gasteiger charge is 2.65. The van der Waals surface area contributed by atoms with Crippen molar-refractivity contribution in [3.05, 3.63) is 46.1 Å². The van der Waals surface area contributed by atoms with Gasteiger partial charge < -0.3 is 14.2 Å². The maximum absolute atomic E-state index is 13.1. The van der Waals surface area contributed by atoms with Gasteiger partial charge >= 0.3 is 17.9 Å². The van der Waals surface area contributed by atoms with Crippen LogP contribution in [0.5, 0.6) is 0 Å². The molecule has 0 unspecified atom stereocenters. The first-order chi connectivity index (χ1) is 15.0. The zero-order chi connectivity index (χ0) is 24.0. The normalized spacial score (nSPS) is 32.7. The van der Waals surface area contributed by atoms with Gasteiger partial charge in [-0.25, -0.2) is 14.4 Å². The van der Waals surface area contributed by atoms with E-state index in [1.54, 1.807) is 45.9 Å². The highest BCUT2D eigenvalue weighted by atomic mass is 16.6. The molecule has 32 heavy (non-hydrogen) atoms. The molecule has 7 nitrogen and oxygen atoms in total. The molecular weight excluding hydrogens is 412 g/mol. The van der Waals surface area contributed by atoms with E-state index < -0.39 is 47.6 Å². The van der Waals surface area contributed by atoms with E-state index in [1.165, 1.54) is 6.92 Å². The van der Waals surface area contributed by atoms with Crippen LogP contribution in [0.2, 0.25) is 0 Å². The first kappa shape index (κ1) is 23.7. The van der Waals surface area contributed by atoms with Crippen LogP contribution in [-0.4, -0.2) is 41.5 Å². The molecule has 1 aliphatic heterocycles. The van der Waals surface area contributed by atoms with Crippen molar-refractivity contribution in [1.82, 2.24) is 0 Å². The molecule has 0 saturated carbocycles. The van der Waals surface area contributed by atoms with Crippen LogP contribution in [-0.2, 0) is 33.4 Å². The third kappa shape index (κ3) is 3.74. The van der Waals surface area contributed by atoms with Crippen LogP contribution in [0.25, 0.3) is 0 Å². The lowest BCUT2D eigenvalue weighted by atomic mass is 9.77. The summed E-state index contributed by atoms with van der Waals surface area (Å²) in [6, 6.07) is 0. The van der Waals surface area contributed by atoms with Gasteiger partial charge in [0.05, 0.1) is 5.92 Å². The lowest BCUT2D eigenvalue weighted by Gasteiger charge is -2.34. The third-order valence-corrected chi connectivity index (χ3v) is 6.83. The standard InChI is InChI=1S/C25H30O7/c1-8-12(3)22(27)30-17-11-15(6)18-16(26)10-14(5)19(18)21-20(17)25(7,24(29)31-21)32-23(28)13(4)9-2/h8-10,17,19-21H,11H2,1-7H3/b12-8+,13-9+/t17-,19+,20+,21+,25-/m0/s1. The lowest BCUT2D eigenvalue weighted by molar-refractivity contribution is -0.175. The maximum atomic E-state index is 13.1. The third-order valence-electron chi connectivity index (χ3n) is 6.83. The van der Waals surface area contributed by atoms with Crippen LogP contribution in [0.4, 0.5) is 0 Å². The number of allylic oxidation sites excluding steroid dienone is 3. The van der Waals surface area contributed by atoms with E-state index in [0.717, 1.165) is 11.1 Å². The number of hydrogen-bond acceptors (Lipinski definition) is 7. The Morgan fingerprint density at radius 1 is 1.09 bits per heavy atom. The highest BCUT2D eigenvalue weighted by molar-refractivity contribution is 6.09. The number of fused-ring (bicyclic) bond motifs is 3. The Morgan fingerprint density at radius 3 is 2.28 bits per heavy atom. The lowest BCUT2D eigenvalue weighted by Crippen LogP contribution is -2.50. The number of rotatable bonds is 4. The largest absolute Gasteiger partial charge is 0.458 e. The second kappa shape index (κ2) is 8.52. The average molecular weight is 443 g/mol. The van der Waals surface area contributed by atoms with Gasteiger partial charge in [-0.15, -0.1) is 0 Å². The van der Waals surface area contributed by atoms with Gasteiger partial charge in [-0.2, -0.15) is 0 Å². The number of hydrogen-bond donors (Lipinski definition) is 0. The average Bonchev–Trinajstić information content (AvgIpc) is 3.12. The number of carbonyl (C=O) groups excluding carboxylic acids is 4. The molecule has 0 radical (unpaired) electrons. The van der Waals surface area contributed by atoms with Gasteiger partial charge in [0.25, 0.3) is 0 Å². The van der Waals surface area contributed by atoms with Gasteiger partial charge in [-0.3, -0.25) is 4.79 Å². The monoisotopic (exact) mass is 442 g/mol. The fourth-order valence-corrected chi connectivity index (χ4v) is 4.76. The topological polar surface area (TPSA) is 96.0 Å². The van der Waals surface area contributed by atoms with Gasteiger partial charge in [-0.1, -0.05) is 23.3 Å². The smallest absolute Gasteiger partial charge is 0.351 e. The Hall–Kier alpha value is -2.96. The van der Waals surface area contributed by atoms with Crippen molar-refractivity contribution < 1.29 is 33.4 Å². The zero-order valence-corrected chi connectivity index (χ0v) is 19.6. The Bertz CT molecular complexity index is 1010. The first-order valence-electron chi connectivity index (χ1n) is 10.8. The molecule has 5 atom stereocenters. The molecule has 3 aliphatic rings. The molecule has 0 spiro atoms. The molecule has 0 amide bonds. The molecule has 1 heterocycles. The minimum atomic E-state index is -1.68. The minimum absolute atomic E-state index is 0.133. The Labute approximate surface area is 188 Å². The van der Waals surface area contributed by atoms with Gasteiger partial charge in [0.1, 0.15) is 12.2 Å². The molecule has 0 aromatic carbocycles. The fraction of sp³-hybridized carbons (Fsp3) is 0.520. The Morgan fingerprint density at radius 2 is 1.69 bits per heavy atom. The first-order valence-corrected chi connectivity index (χ1v) is 10.8. The summed E-state index contributed by atoms with van der Waals surface area (Å²) in [6.07, 6.45) is 3.39. The van der Waals surface area contributed by atoms with Crippen LogP contribution < -0.4 is 0 Å². The summed E-state index contributed by atoms with van der Waals surface area (Å²) in [5.74, 6) is -3.27. The second-order valence-corrected chi connectivity index (χ2v) is 8.91. The van der Waals surface area contributed by atoms with Crippen LogP contribution in [0, 0.1) is 11.8 Å². The molecule has 7 heteroatoms. The summed E-state index contributed by atoms with van der Waals surface area (Å²) in [6.45, 7) is 11.8.